The van der Waals surface area contributed by atoms with Gasteiger partial charge in [-0.1, -0.05) is 25.7 Å². The lowest BCUT2D eigenvalue weighted by Crippen LogP contribution is -2.34. The molecule has 130 valence electrons. The summed E-state index contributed by atoms with van der Waals surface area (Å²) in [6.07, 6.45) is 14.2. The molecule has 3 rings (SSSR count). The van der Waals surface area contributed by atoms with Gasteiger partial charge in [-0.2, -0.15) is 4.31 Å². The van der Waals surface area contributed by atoms with E-state index in [1.165, 1.54) is 44.8 Å². The second-order valence-electron chi connectivity index (χ2n) is 7.21. The van der Waals surface area contributed by atoms with Crippen LogP contribution in [0.4, 0.5) is 0 Å². The number of sulfonamides is 1. The van der Waals surface area contributed by atoms with Gasteiger partial charge in [0.25, 0.3) is 0 Å². The fraction of sp³-hybridized carbons (Fsp3) is 0.824. The van der Waals surface area contributed by atoms with Crippen molar-refractivity contribution in [2.45, 2.75) is 70.9 Å². The van der Waals surface area contributed by atoms with Crippen LogP contribution in [0.5, 0.6) is 0 Å². The zero-order valence-corrected chi connectivity index (χ0v) is 15.0. The van der Waals surface area contributed by atoms with E-state index in [0.29, 0.717) is 19.0 Å². The Hall–Kier alpha value is -0.880. The van der Waals surface area contributed by atoms with Crippen LogP contribution in [0.1, 0.15) is 62.9 Å². The highest BCUT2D eigenvalue weighted by Crippen LogP contribution is 2.25. The van der Waals surface area contributed by atoms with Crippen molar-refractivity contribution in [1.82, 2.24) is 13.9 Å². The SMILES string of the molecule is CS(=O)(=O)N(Cc1cn2c(n1)CCCC2)CC1CCCCCC1. The maximum Gasteiger partial charge on any atom is 0.211 e. The van der Waals surface area contributed by atoms with Gasteiger partial charge in [-0.25, -0.2) is 13.4 Å². The highest BCUT2D eigenvalue weighted by atomic mass is 32.2. The molecule has 6 heteroatoms. The molecule has 1 aromatic rings. The number of fused-ring (bicyclic) bond motifs is 1. The van der Waals surface area contributed by atoms with Gasteiger partial charge in [0.2, 0.25) is 10.0 Å². The van der Waals surface area contributed by atoms with E-state index in [9.17, 15) is 8.42 Å². The number of aromatic nitrogens is 2. The number of nitrogens with zero attached hydrogens (tertiary/aromatic N) is 3. The van der Waals surface area contributed by atoms with E-state index >= 15 is 0 Å². The molecule has 1 fully saturated rings. The maximum absolute atomic E-state index is 12.2. The molecule has 2 aliphatic rings. The molecule has 1 aromatic heterocycles. The summed E-state index contributed by atoms with van der Waals surface area (Å²) in [6.45, 7) is 2.10. The Morgan fingerprint density at radius 1 is 1.17 bits per heavy atom. The minimum atomic E-state index is -3.19. The predicted octanol–water partition coefficient (Wildman–Crippen LogP) is 2.95. The molecule has 0 bridgehead atoms. The van der Waals surface area contributed by atoms with E-state index in [1.54, 1.807) is 4.31 Å². The van der Waals surface area contributed by atoms with E-state index in [0.717, 1.165) is 37.3 Å². The third-order valence-electron chi connectivity index (χ3n) is 5.20. The largest absolute Gasteiger partial charge is 0.335 e. The first-order valence-corrected chi connectivity index (χ1v) is 10.9. The molecule has 0 aromatic carbocycles. The fourth-order valence-electron chi connectivity index (χ4n) is 3.88. The van der Waals surface area contributed by atoms with Crippen molar-refractivity contribution in [3.05, 3.63) is 17.7 Å². The second-order valence-corrected chi connectivity index (χ2v) is 9.19. The van der Waals surface area contributed by atoms with E-state index < -0.39 is 10.0 Å². The summed E-state index contributed by atoms with van der Waals surface area (Å²) in [5, 5.41) is 0. The van der Waals surface area contributed by atoms with Gasteiger partial charge in [0.1, 0.15) is 5.82 Å². The molecular formula is C17H29N3O2S. The van der Waals surface area contributed by atoms with Gasteiger partial charge >= 0.3 is 0 Å². The number of imidazole rings is 1. The summed E-state index contributed by atoms with van der Waals surface area (Å²) in [7, 11) is -3.19. The summed E-state index contributed by atoms with van der Waals surface area (Å²) in [5.41, 5.74) is 0.904. The topological polar surface area (TPSA) is 55.2 Å². The first-order chi connectivity index (χ1) is 11.0. The van der Waals surface area contributed by atoms with E-state index in [4.69, 9.17) is 0 Å². The van der Waals surface area contributed by atoms with Crippen molar-refractivity contribution < 1.29 is 8.42 Å². The smallest absolute Gasteiger partial charge is 0.211 e. The third-order valence-corrected chi connectivity index (χ3v) is 6.42. The fourth-order valence-corrected chi connectivity index (χ4v) is 4.73. The zero-order valence-electron chi connectivity index (χ0n) is 14.2. The third kappa shape index (κ3) is 4.57. The van der Waals surface area contributed by atoms with Crippen molar-refractivity contribution >= 4 is 10.0 Å². The maximum atomic E-state index is 12.2. The average molecular weight is 340 g/mol. The number of hydrogen-bond acceptors (Lipinski definition) is 3. The second kappa shape index (κ2) is 7.34. The molecule has 0 saturated heterocycles. The Balaban J connectivity index is 1.70. The van der Waals surface area contributed by atoms with Gasteiger partial charge in [0.05, 0.1) is 18.5 Å². The number of aryl methyl sites for hydroxylation is 2. The zero-order chi connectivity index (χ0) is 16.3. The first-order valence-electron chi connectivity index (χ1n) is 9.02. The molecule has 2 heterocycles. The highest BCUT2D eigenvalue weighted by molar-refractivity contribution is 7.88. The van der Waals surface area contributed by atoms with Gasteiger partial charge in [-0.3, -0.25) is 0 Å². The van der Waals surface area contributed by atoms with Gasteiger partial charge in [0.15, 0.2) is 0 Å². The van der Waals surface area contributed by atoms with Gasteiger partial charge in [-0.05, 0) is 31.6 Å². The molecule has 23 heavy (non-hydrogen) atoms. The lowest BCUT2D eigenvalue weighted by atomic mass is 10.0. The first kappa shape index (κ1) is 17.0. The quantitative estimate of drug-likeness (QED) is 0.775. The molecule has 5 nitrogen and oxygen atoms in total. The van der Waals surface area contributed by atoms with Crippen LogP contribution in [0.2, 0.25) is 0 Å². The van der Waals surface area contributed by atoms with Crippen molar-refractivity contribution in [1.29, 1.82) is 0 Å². The highest BCUT2D eigenvalue weighted by Gasteiger charge is 2.24. The Morgan fingerprint density at radius 2 is 1.91 bits per heavy atom. The molecular weight excluding hydrogens is 310 g/mol. The lowest BCUT2D eigenvalue weighted by Gasteiger charge is -2.24. The van der Waals surface area contributed by atoms with Crippen LogP contribution in [0.3, 0.4) is 0 Å². The summed E-state index contributed by atoms with van der Waals surface area (Å²) >= 11 is 0. The summed E-state index contributed by atoms with van der Waals surface area (Å²) in [4.78, 5) is 4.67. The van der Waals surface area contributed by atoms with Crippen LogP contribution in [0.25, 0.3) is 0 Å². The Labute approximate surface area is 140 Å². The Kier molecular flexibility index (Phi) is 5.42. The van der Waals surface area contributed by atoms with Crippen LogP contribution in [0.15, 0.2) is 6.20 Å². The van der Waals surface area contributed by atoms with E-state index in [2.05, 4.69) is 15.7 Å². The number of rotatable bonds is 5. The standard InChI is InChI=1S/C17H29N3O2S/c1-23(21,22)20(12-15-8-4-2-3-5-9-15)14-16-13-19-11-7-6-10-17(19)18-16/h13,15H,2-12,14H2,1H3. The molecule has 0 amide bonds. The van der Waals surface area contributed by atoms with Gasteiger partial charge < -0.3 is 4.57 Å². The molecule has 0 radical (unpaired) electrons. The monoisotopic (exact) mass is 339 g/mol. The molecule has 0 unspecified atom stereocenters. The lowest BCUT2D eigenvalue weighted by molar-refractivity contribution is 0.314. The summed E-state index contributed by atoms with van der Waals surface area (Å²) < 4.78 is 28.3. The van der Waals surface area contributed by atoms with Crippen molar-refractivity contribution in [2.75, 3.05) is 12.8 Å². The van der Waals surface area contributed by atoms with Crippen LogP contribution >= 0.6 is 0 Å². The molecule has 0 N–H and O–H groups in total. The Bertz CT molecular complexity index is 592. The minimum Gasteiger partial charge on any atom is -0.335 e. The van der Waals surface area contributed by atoms with E-state index in [1.807, 2.05) is 0 Å². The molecule has 1 aliphatic heterocycles. The minimum absolute atomic E-state index is 0.426. The summed E-state index contributed by atoms with van der Waals surface area (Å²) in [6, 6.07) is 0. The molecule has 1 saturated carbocycles. The van der Waals surface area contributed by atoms with Gasteiger partial charge in [0, 0.05) is 25.7 Å². The normalized spacial score (nSPS) is 20.4. The molecule has 1 aliphatic carbocycles. The van der Waals surface area contributed by atoms with Crippen LogP contribution < -0.4 is 0 Å². The van der Waals surface area contributed by atoms with Gasteiger partial charge in [-0.15, -0.1) is 0 Å². The number of hydrogen-bond donors (Lipinski definition) is 0. The predicted molar refractivity (Wildman–Crippen MR) is 91.6 cm³/mol. The van der Waals surface area contributed by atoms with Crippen molar-refractivity contribution in [3.8, 4) is 0 Å². The van der Waals surface area contributed by atoms with Crippen LogP contribution in [-0.4, -0.2) is 35.1 Å². The van der Waals surface area contributed by atoms with Crippen LogP contribution in [-0.2, 0) is 29.5 Å². The van der Waals surface area contributed by atoms with Crippen LogP contribution in [0, 0.1) is 5.92 Å². The molecule has 0 atom stereocenters. The van der Waals surface area contributed by atoms with E-state index in [-0.39, 0.29) is 0 Å². The Morgan fingerprint density at radius 3 is 2.57 bits per heavy atom. The van der Waals surface area contributed by atoms with Crippen molar-refractivity contribution in [3.63, 3.8) is 0 Å². The summed E-state index contributed by atoms with van der Waals surface area (Å²) in [5.74, 6) is 1.62. The average Bonchev–Trinajstić information content (AvgIpc) is 2.72. The molecule has 0 spiro atoms. The van der Waals surface area contributed by atoms with Crippen molar-refractivity contribution in [2.24, 2.45) is 5.92 Å².